The minimum atomic E-state index is -0.988. The van der Waals surface area contributed by atoms with Crippen molar-refractivity contribution >= 4 is 23.3 Å². The Morgan fingerprint density at radius 3 is 2.68 bits per heavy atom. The summed E-state index contributed by atoms with van der Waals surface area (Å²) in [6, 6.07) is 3.73. The van der Waals surface area contributed by atoms with Crippen molar-refractivity contribution in [3.63, 3.8) is 0 Å². The van der Waals surface area contributed by atoms with Gasteiger partial charge in [-0.1, -0.05) is 19.8 Å². The van der Waals surface area contributed by atoms with Crippen LogP contribution in [0.5, 0.6) is 0 Å². The number of benzene rings is 1. The van der Waals surface area contributed by atoms with Crippen molar-refractivity contribution in [2.75, 3.05) is 5.73 Å². The second-order valence-electron chi connectivity index (χ2n) is 6.46. The first kappa shape index (κ1) is 18.7. The first-order chi connectivity index (χ1) is 11.8. The Hall–Kier alpha value is -2.64. The number of carbonyl (C=O) groups excluding carboxylic acids is 2. The molecule has 25 heavy (non-hydrogen) atoms. The number of carbonyl (C=O) groups is 2. The molecule has 1 aliphatic rings. The van der Waals surface area contributed by atoms with Gasteiger partial charge in [0.1, 0.15) is 5.69 Å². The average molecular weight is 349 g/mol. The van der Waals surface area contributed by atoms with Gasteiger partial charge >= 0.3 is 5.97 Å². The molecular formula is C17H23N3O5. The van der Waals surface area contributed by atoms with E-state index in [2.05, 4.69) is 12.2 Å². The maximum atomic E-state index is 12.2. The highest BCUT2D eigenvalue weighted by Crippen LogP contribution is 2.24. The van der Waals surface area contributed by atoms with Crippen molar-refractivity contribution in [3.8, 4) is 0 Å². The maximum absolute atomic E-state index is 12.2. The van der Waals surface area contributed by atoms with Crippen LogP contribution in [0.2, 0.25) is 0 Å². The molecule has 3 atom stereocenters. The third-order valence-corrected chi connectivity index (χ3v) is 4.56. The Kier molecular flexibility index (Phi) is 5.95. The van der Waals surface area contributed by atoms with Crippen molar-refractivity contribution in [1.82, 2.24) is 5.32 Å². The predicted octanol–water partition coefficient (Wildman–Crippen LogP) is 2.42. The van der Waals surface area contributed by atoms with Crippen LogP contribution in [0, 0.1) is 16.0 Å². The highest BCUT2D eigenvalue weighted by atomic mass is 16.6. The molecule has 1 saturated carbocycles. The standard InChI is InChI=1S/C17H23N3O5/c1-10-5-3-4-6-14(10)19-16(21)11(2)25-17(22)12-7-8-13(18)15(9-12)20(23)24/h7-11,14H,3-6,18H2,1-2H3,(H,19,21)/t10-,11+,14-/m0/s1. The van der Waals surface area contributed by atoms with Gasteiger partial charge in [0, 0.05) is 12.1 Å². The summed E-state index contributed by atoms with van der Waals surface area (Å²) < 4.78 is 5.14. The number of nitro groups is 1. The molecule has 1 amide bonds. The van der Waals surface area contributed by atoms with Crippen LogP contribution in [-0.2, 0) is 9.53 Å². The summed E-state index contributed by atoms with van der Waals surface area (Å²) >= 11 is 0. The van der Waals surface area contributed by atoms with Crippen molar-refractivity contribution in [2.45, 2.75) is 51.7 Å². The zero-order valence-electron chi connectivity index (χ0n) is 14.4. The van der Waals surface area contributed by atoms with Crippen molar-refractivity contribution in [1.29, 1.82) is 0 Å². The van der Waals surface area contributed by atoms with E-state index in [1.54, 1.807) is 0 Å². The van der Waals surface area contributed by atoms with E-state index in [0.29, 0.717) is 5.92 Å². The van der Waals surface area contributed by atoms with Gasteiger partial charge in [-0.15, -0.1) is 0 Å². The molecule has 0 bridgehead atoms. The average Bonchev–Trinajstić information content (AvgIpc) is 2.56. The number of hydrogen-bond acceptors (Lipinski definition) is 6. The molecule has 0 saturated heterocycles. The number of nitrogen functional groups attached to an aromatic ring is 1. The smallest absolute Gasteiger partial charge is 0.339 e. The molecule has 1 aromatic carbocycles. The highest BCUT2D eigenvalue weighted by molar-refractivity contribution is 5.93. The van der Waals surface area contributed by atoms with Crippen LogP contribution in [-0.4, -0.2) is 28.9 Å². The largest absolute Gasteiger partial charge is 0.449 e. The van der Waals surface area contributed by atoms with Crippen LogP contribution in [0.4, 0.5) is 11.4 Å². The summed E-state index contributed by atoms with van der Waals surface area (Å²) in [4.78, 5) is 34.6. The Labute approximate surface area is 145 Å². The fourth-order valence-electron chi connectivity index (χ4n) is 2.94. The summed E-state index contributed by atoms with van der Waals surface area (Å²) in [6.07, 6.45) is 3.22. The van der Waals surface area contributed by atoms with Gasteiger partial charge in [0.05, 0.1) is 10.5 Å². The first-order valence-electron chi connectivity index (χ1n) is 8.35. The number of nitro benzene ring substituents is 1. The third-order valence-electron chi connectivity index (χ3n) is 4.56. The molecule has 0 unspecified atom stereocenters. The number of anilines is 1. The van der Waals surface area contributed by atoms with Crippen LogP contribution < -0.4 is 11.1 Å². The Morgan fingerprint density at radius 1 is 1.36 bits per heavy atom. The summed E-state index contributed by atoms with van der Waals surface area (Å²) in [5, 5.41) is 13.8. The fraction of sp³-hybridized carbons (Fsp3) is 0.529. The molecule has 0 heterocycles. The molecule has 136 valence electrons. The van der Waals surface area contributed by atoms with Gasteiger partial charge in [-0.2, -0.15) is 0 Å². The number of ether oxygens (including phenoxy) is 1. The molecule has 8 heteroatoms. The number of nitrogens with one attached hydrogen (secondary N) is 1. The van der Waals surface area contributed by atoms with E-state index in [9.17, 15) is 19.7 Å². The highest BCUT2D eigenvalue weighted by Gasteiger charge is 2.27. The molecule has 0 aliphatic heterocycles. The number of nitrogens with zero attached hydrogens (tertiary/aromatic N) is 1. The topological polar surface area (TPSA) is 125 Å². The molecule has 0 aromatic heterocycles. The van der Waals surface area contributed by atoms with Gasteiger partial charge in [-0.25, -0.2) is 4.79 Å². The molecule has 8 nitrogen and oxygen atoms in total. The monoisotopic (exact) mass is 349 g/mol. The molecule has 2 rings (SSSR count). The van der Waals surface area contributed by atoms with Crippen LogP contribution in [0.3, 0.4) is 0 Å². The normalized spacial score (nSPS) is 21.2. The van der Waals surface area contributed by atoms with E-state index < -0.39 is 17.0 Å². The summed E-state index contributed by atoms with van der Waals surface area (Å²) in [5.74, 6) is -0.778. The number of amides is 1. The lowest BCUT2D eigenvalue weighted by Crippen LogP contribution is -2.45. The van der Waals surface area contributed by atoms with Crippen LogP contribution in [0.25, 0.3) is 0 Å². The molecular weight excluding hydrogens is 326 g/mol. The minimum absolute atomic E-state index is 0.0217. The van der Waals surface area contributed by atoms with E-state index in [4.69, 9.17) is 10.5 Å². The maximum Gasteiger partial charge on any atom is 0.339 e. The summed E-state index contributed by atoms with van der Waals surface area (Å²) in [7, 11) is 0. The summed E-state index contributed by atoms with van der Waals surface area (Å²) in [6.45, 7) is 3.57. The zero-order valence-corrected chi connectivity index (χ0v) is 14.4. The van der Waals surface area contributed by atoms with Crippen LogP contribution >= 0.6 is 0 Å². The second kappa shape index (κ2) is 7.96. The first-order valence-corrected chi connectivity index (χ1v) is 8.35. The molecule has 1 aliphatic carbocycles. The van der Waals surface area contributed by atoms with E-state index in [0.717, 1.165) is 31.7 Å². The fourth-order valence-corrected chi connectivity index (χ4v) is 2.94. The number of rotatable bonds is 5. The van der Waals surface area contributed by atoms with Crippen LogP contribution in [0.1, 0.15) is 49.9 Å². The van der Waals surface area contributed by atoms with Crippen molar-refractivity contribution in [3.05, 3.63) is 33.9 Å². The van der Waals surface area contributed by atoms with Crippen molar-refractivity contribution in [2.24, 2.45) is 5.92 Å². The number of nitrogens with two attached hydrogens (primary N) is 1. The third kappa shape index (κ3) is 4.68. The van der Waals surface area contributed by atoms with E-state index in [-0.39, 0.29) is 28.9 Å². The van der Waals surface area contributed by atoms with Gasteiger partial charge in [0.15, 0.2) is 6.10 Å². The second-order valence-corrected chi connectivity index (χ2v) is 6.46. The van der Waals surface area contributed by atoms with E-state index >= 15 is 0 Å². The SMILES string of the molecule is C[C@@H](OC(=O)c1ccc(N)c([N+](=O)[O-])c1)C(=O)N[C@H]1CCCC[C@@H]1C. The van der Waals surface area contributed by atoms with E-state index in [1.165, 1.54) is 19.1 Å². The molecule has 3 N–H and O–H groups in total. The minimum Gasteiger partial charge on any atom is -0.449 e. The van der Waals surface area contributed by atoms with Crippen LogP contribution in [0.15, 0.2) is 18.2 Å². The van der Waals surface area contributed by atoms with Gasteiger partial charge < -0.3 is 15.8 Å². The Morgan fingerprint density at radius 2 is 2.04 bits per heavy atom. The summed E-state index contributed by atoms with van der Waals surface area (Å²) in [5.41, 5.74) is 5.06. The molecule has 1 aromatic rings. The quantitative estimate of drug-likeness (QED) is 0.364. The van der Waals surface area contributed by atoms with Gasteiger partial charge in [0.2, 0.25) is 0 Å². The number of hydrogen-bond donors (Lipinski definition) is 2. The molecule has 0 spiro atoms. The zero-order chi connectivity index (χ0) is 18.6. The lowest BCUT2D eigenvalue weighted by atomic mass is 9.86. The van der Waals surface area contributed by atoms with E-state index in [1.807, 2.05) is 0 Å². The molecule has 0 radical (unpaired) electrons. The molecule has 1 fully saturated rings. The van der Waals surface area contributed by atoms with Gasteiger partial charge in [-0.3, -0.25) is 14.9 Å². The predicted molar refractivity (Wildman–Crippen MR) is 91.9 cm³/mol. The lowest BCUT2D eigenvalue weighted by Gasteiger charge is -2.30. The van der Waals surface area contributed by atoms with Crippen molar-refractivity contribution < 1.29 is 19.2 Å². The lowest BCUT2D eigenvalue weighted by molar-refractivity contribution is -0.383. The Balaban J connectivity index is 1.98. The van der Waals surface area contributed by atoms with Gasteiger partial charge in [0.25, 0.3) is 11.6 Å². The number of esters is 1. The Bertz CT molecular complexity index is 676. The van der Waals surface area contributed by atoms with Gasteiger partial charge in [-0.05, 0) is 37.8 Å².